The zero-order valence-corrected chi connectivity index (χ0v) is 15.3. The number of hydrogen-bond acceptors (Lipinski definition) is 8. The van der Waals surface area contributed by atoms with Gasteiger partial charge in [0.05, 0.1) is 29.8 Å². The summed E-state index contributed by atoms with van der Waals surface area (Å²) in [7, 11) is 1.31. The van der Waals surface area contributed by atoms with Crippen LogP contribution in [0.25, 0.3) is 9.88 Å². The summed E-state index contributed by atoms with van der Waals surface area (Å²) < 4.78 is 4.68. The minimum atomic E-state index is -0.453. The molecule has 9 heteroatoms. The summed E-state index contributed by atoms with van der Waals surface area (Å²) in [5, 5.41) is 7.86. The maximum Gasteiger partial charge on any atom is 0.350 e. The van der Waals surface area contributed by atoms with Gasteiger partial charge in [-0.2, -0.15) is 0 Å². The molecular weight excluding hydrogens is 366 g/mol. The van der Waals surface area contributed by atoms with E-state index in [2.05, 4.69) is 20.0 Å². The van der Waals surface area contributed by atoms with Crippen molar-refractivity contribution in [3.8, 4) is 9.88 Å². The van der Waals surface area contributed by atoms with E-state index in [4.69, 9.17) is 0 Å². The number of thiazole rings is 2. The Bertz CT molecular complexity index is 868. The van der Waals surface area contributed by atoms with Gasteiger partial charge in [-0.25, -0.2) is 14.8 Å². The van der Waals surface area contributed by atoms with E-state index in [1.165, 1.54) is 18.4 Å². The van der Waals surface area contributed by atoms with Crippen LogP contribution in [0.3, 0.4) is 0 Å². The number of nitrogens with zero attached hydrogens (tertiary/aromatic N) is 2. The largest absolute Gasteiger partial charge is 0.465 e. The summed E-state index contributed by atoms with van der Waals surface area (Å²) in [6.45, 7) is 1.70. The van der Waals surface area contributed by atoms with Crippen molar-refractivity contribution in [1.82, 2.24) is 9.97 Å². The molecule has 0 saturated carbocycles. The molecule has 0 aliphatic heterocycles. The Labute approximate surface area is 150 Å². The first-order chi connectivity index (χ1) is 11.6. The minimum absolute atomic E-state index is 0.161. The van der Waals surface area contributed by atoms with Gasteiger partial charge in [-0.3, -0.25) is 4.79 Å². The van der Waals surface area contributed by atoms with Gasteiger partial charge in [-0.05, 0) is 18.4 Å². The zero-order chi connectivity index (χ0) is 17.1. The highest BCUT2D eigenvalue weighted by molar-refractivity contribution is 7.20. The average Bonchev–Trinajstić information content (AvgIpc) is 3.27. The quantitative estimate of drug-likeness (QED) is 0.685. The van der Waals surface area contributed by atoms with Crippen molar-refractivity contribution in [1.29, 1.82) is 0 Å². The van der Waals surface area contributed by atoms with E-state index < -0.39 is 5.97 Å². The van der Waals surface area contributed by atoms with Crippen LogP contribution in [0.15, 0.2) is 22.9 Å². The van der Waals surface area contributed by atoms with Crippen LogP contribution in [0, 0.1) is 6.92 Å². The lowest BCUT2D eigenvalue weighted by Gasteiger charge is -1.98. The van der Waals surface area contributed by atoms with E-state index in [0.717, 1.165) is 21.2 Å². The Hall–Kier alpha value is -2.10. The molecule has 1 N–H and O–H groups in total. The molecule has 0 saturated heterocycles. The van der Waals surface area contributed by atoms with Gasteiger partial charge in [0.25, 0.3) is 0 Å². The second-order valence-electron chi connectivity index (χ2n) is 4.77. The first-order valence-corrected chi connectivity index (χ1v) is 9.48. The normalized spacial score (nSPS) is 10.6. The second kappa shape index (κ2) is 7.20. The predicted molar refractivity (Wildman–Crippen MR) is 96.0 cm³/mol. The van der Waals surface area contributed by atoms with Crippen LogP contribution >= 0.6 is 34.0 Å². The number of anilines is 1. The molecule has 0 atom stereocenters. The summed E-state index contributed by atoms with van der Waals surface area (Å²) in [6.07, 6.45) is 0.161. The highest BCUT2D eigenvalue weighted by Crippen LogP contribution is 2.28. The van der Waals surface area contributed by atoms with Crippen LogP contribution in [0.5, 0.6) is 0 Å². The molecule has 0 spiro atoms. The summed E-state index contributed by atoms with van der Waals surface area (Å²) >= 11 is 4.23. The first kappa shape index (κ1) is 16.7. The Morgan fingerprint density at radius 2 is 2.12 bits per heavy atom. The number of methoxy groups -OCH3 is 1. The van der Waals surface area contributed by atoms with Crippen molar-refractivity contribution < 1.29 is 14.3 Å². The van der Waals surface area contributed by atoms with E-state index in [-0.39, 0.29) is 12.3 Å². The minimum Gasteiger partial charge on any atom is -0.465 e. The van der Waals surface area contributed by atoms with Crippen LogP contribution in [0.4, 0.5) is 5.13 Å². The molecule has 0 bridgehead atoms. The van der Waals surface area contributed by atoms with E-state index >= 15 is 0 Å². The third-order valence-electron chi connectivity index (χ3n) is 3.04. The second-order valence-corrected chi connectivity index (χ2v) is 7.58. The fraction of sp³-hybridized carbons (Fsp3) is 0.200. The van der Waals surface area contributed by atoms with Crippen molar-refractivity contribution >= 4 is 51.0 Å². The fourth-order valence-corrected chi connectivity index (χ4v) is 4.50. The van der Waals surface area contributed by atoms with Crippen LogP contribution in [0.1, 0.15) is 21.1 Å². The van der Waals surface area contributed by atoms with Crippen molar-refractivity contribution in [2.45, 2.75) is 13.3 Å². The first-order valence-electron chi connectivity index (χ1n) is 6.90. The van der Waals surface area contributed by atoms with Crippen molar-refractivity contribution in [2.24, 2.45) is 0 Å². The lowest BCUT2D eigenvalue weighted by Crippen LogP contribution is -2.14. The maximum atomic E-state index is 12.1. The highest BCUT2D eigenvalue weighted by atomic mass is 32.1. The van der Waals surface area contributed by atoms with Gasteiger partial charge in [0.1, 0.15) is 9.88 Å². The third-order valence-corrected chi connectivity index (χ3v) is 6.02. The maximum absolute atomic E-state index is 12.1. The standard InChI is InChI=1S/C15H13N3O3S3/c1-8-12(14(20)21-2)24-15(16-8)18-11(19)6-9-7-23-13(17-9)10-4-3-5-22-10/h3-5,7H,6H2,1-2H3,(H,16,18,19). The molecule has 6 nitrogen and oxygen atoms in total. The number of aromatic nitrogens is 2. The van der Waals surface area contributed by atoms with Crippen molar-refractivity contribution in [3.05, 3.63) is 39.2 Å². The number of nitrogens with one attached hydrogen (secondary N) is 1. The van der Waals surface area contributed by atoms with E-state index in [1.54, 1.807) is 18.3 Å². The number of rotatable bonds is 5. The number of aryl methyl sites for hydroxylation is 1. The molecule has 0 aromatic carbocycles. The molecule has 124 valence electrons. The highest BCUT2D eigenvalue weighted by Gasteiger charge is 2.17. The molecule has 0 aliphatic carbocycles. The number of ether oxygens (including phenoxy) is 1. The molecule has 0 aliphatic rings. The number of amides is 1. The van der Waals surface area contributed by atoms with Crippen LogP contribution in [-0.4, -0.2) is 29.0 Å². The molecule has 0 fully saturated rings. The summed E-state index contributed by atoms with van der Waals surface area (Å²) in [6, 6.07) is 3.97. The number of thiophene rings is 1. The van der Waals surface area contributed by atoms with Gasteiger partial charge in [0.15, 0.2) is 5.13 Å². The van der Waals surface area contributed by atoms with Gasteiger partial charge in [0.2, 0.25) is 5.91 Å². The molecule has 3 aromatic rings. The molecular formula is C15H13N3O3S3. The SMILES string of the molecule is COC(=O)c1sc(NC(=O)Cc2csc(-c3cccs3)n2)nc1C. The smallest absolute Gasteiger partial charge is 0.350 e. The molecule has 3 rings (SSSR count). The lowest BCUT2D eigenvalue weighted by atomic mass is 10.3. The van der Waals surface area contributed by atoms with E-state index in [1.807, 2.05) is 22.9 Å². The van der Waals surface area contributed by atoms with Gasteiger partial charge in [-0.1, -0.05) is 17.4 Å². The van der Waals surface area contributed by atoms with E-state index in [9.17, 15) is 9.59 Å². The topological polar surface area (TPSA) is 81.2 Å². The Morgan fingerprint density at radius 3 is 2.83 bits per heavy atom. The number of carbonyl (C=O) groups excluding carboxylic acids is 2. The lowest BCUT2D eigenvalue weighted by molar-refractivity contribution is -0.115. The third kappa shape index (κ3) is 3.69. The molecule has 0 radical (unpaired) electrons. The Balaban J connectivity index is 1.65. The van der Waals surface area contributed by atoms with Crippen LogP contribution < -0.4 is 5.32 Å². The monoisotopic (exact) mass is 379 g/mol. The average molecular weight is 379 g/mol. The van der Waals surface area contributed by atoms with Crippen LogP contribution in [0.2, 0.25) is 0 Å². The van der Waals surface area contributed by atoms with Crippen molar-refractivity contribution in [3.63, 3.8) is 0 Å². The molecule has 1 amide bonds. The van der Waals surface area contributed by atoms with E-state index in [0.29, 0.717) is 21.4 Å². The summed E-state index contributed by atoms with van der Waals surface area (Å²) in [5.74, 6) is -0.672. The zero-order valence-electron chi connectivity index (χ0n) is 12.9. The molecule has 3 heterocycles. The summed E-state index contributed by atoms with van der Waals surface area (Å²) in [5.41, 5.74) is 1.25. The molecule has 3 aromatic heterocycles. The Kier molecular flexibility index (Phi) is 5.03. The number of hydrogen-bond donors (Lipinski definition) is 1. The van der Waals surface area contributed by atoms with Gasteiger partial charge in [-0.15, -0.1) is 22.7 Å². The van der Waals surface area contributed by atoms with Crippen LogP contribution in [-0.2, 0) is 16.0 Å². The van der Waals surface area contributed by atoms with Gasteiger partial charge in [0, 0.05) is 5.38 Å². The fourth-order valence-electron chi connectivity index (χ4n) is 1.96. The van der Waals surface area contributed by atoms with Gasteiger partial charge < -0.3 is 10.1 Å². The van der Waals surface area contributed by atoms with Crippen molar-refractivity contribution in [2.75, 3.05) is 12.4 Å². The summed E-state index contributed by atoms with van der Waals surface area (Å²) in [4.78, 5) is 33.8. The molecule has 24 heavy (non-hydrogen) atoms. The molecule has 0 unspecified atom stereocenters. The Morgan fingerprint density at radius 1 is 1.29 bits per heavy atom. The van der Waals surface area contributed by atoms with Gasteiger partial charge >= 0.3 is 5.97 Å². The number of esters is 1. The predicted octanol–water partition coefficient (Wildman–Crippen LogP) is 3.60. The number of carbonyl (C=O) groups is 2.